The third-order valence-corrected chi connectivity index (χ3v) is 4.39. The summed E-state index contributed by atoms with van der Waals surface area (Å²) in [6.07, 6.45) is 1.85. The van der Waals surface area contributed by atoms with Crippen molar-refractivity contribution in [1.29, 1.82) is 0 Å². The molecule has 0 aromatic carbocycles. The number of likely N-dealkylation sites (N-methyl/N-ethyl adjacent to an activating group) is 1. The summed E-state index contributed by atoms with van der Waals surface area (Å²) < 4.78 is 0. The van der Waals surface area contributed by atoms with Gasteiger partial charge in [-0.1, -0.05) is 6.92 Å². The molecule has 18 heavy (non-hydrogen) atoms. The molecule has 0 fully saturated rings. The van der Waals surface area contributed by atoms with Crippen molar-refractivity contribution in [3.05, 3.63) is 21.9 Å². The molecule has 1 aromatic heterocycles. The maximum absolute atomic E-state index is 12.2. The van der Waals surface area contributed by atoms with Gasteiger partial charge in [-0.15, -0.1) is 11.3 Å². The highest BCUT2D eigenvalue weighted by Crippen LogP contribution is 2.16. The maximum Gasteiger partial charge on any atom is 0.226 e. The van der Waals surface area contributed by atoms with Crippen LogP contribution < -0.4 is 5.32 Å². The SMILES string of the molecule is CCC(CNC)C(=O)N(C)CCc1sccc1C. The number of rotatable bonds is 7. The van der Waals surface area contributed by atoms with E-state index < -0.39 is 0 Å². The molecule has 0 aliphatic rings. The Bertz CT molecular complexity index is 376. The fraction of sp³-hybridized carbons (Fsp3) is 0.643. The van der Waals surface area contributed by atoms with E-state index >= 15 is 0 Å². The smallest absolute Gasteiger partial charge is 0.226 e. The van der Waals surface area contributed by atoms with Crippen LogP contribution in [0.2, 0.25) is 0 Å². The number of carbonyl (C=O) groups is 1. The molecule has 1 N–H and O–H groups in total. The van der Waals surface area contributed by atoms with Crippen molar-refractivity contribution in [2.75, 3.05) is 27.2 Å². The van der Waals surface area contributed by atoms with E-state index in [1.807, 2.05) is 19.0 Å². The predicted molar refractivity (Wildman–Crippen MR) is 78.1 cm³/mol. The Kier molecular flexibility index (Phi) is 6.36. The molecule has 102 valence electrons. The number of hydrogen-bond acceptors (Lipinski definition) is 3. The third kappa shape index (κ3) is 4.10. The van der Waals surface area contributed by atoms with Gasteiger partial charge in [0.15, 0.2) is 0 Å². The molecule has 0 saturated carbocycles. The molecule has 1 aromatic rings. The van der Waals surface area contributed by atoms with Crippen LogP contribution in [0, 0.1) is 12.8 Å². The lowest BCUT2D eigenvalue weighted by Crippen LogP contribution is -2.38. The number of amides is 1. The van der Waals surface area contributed by atoms with E-state index in [4.69, 9.17) is 0 Å². The van der Waals surface area contributed by atoms with Crippen LogP contribution in [-0.4, -0.2) is 38.0 Å². The molecule has 0 aliphatic heterocycles. The Labute approximate surface area is 114 Å². The van der Waals surface area contributed by atoms with Crippen LogP contribution in [0.15, 0.2) is 11.4 Å². The van der Waals surface area contributed by atoms with Crippen LogP contribution in [0.1, 0.15) is 23.8 Å². The summed E-state index contributed by atoms with van der Waals surface area (Å²) >= 11 is 1.78. The summed E-state index contributed by atoms with van der Waals surface area (Å²) in [5.41, 5.74) is 1.34. The van der Waals surface area contributed by atoms with Crippen molar-refractivity contribution >= 4 is 17.2 Å². The monoisotopic (exact) mass is 268 g/mol. The highest BCUT2D eigenvalue weighted by atomic mass is 32.1. The van der Waals surface area contributed by atoms with Crippen molar-refractivity contribution in [2.45, 2.75) is 26.7 Å². The highest BCUT2D eigenvalue weighted by Gasteiger charge is 2.19. The van der Waals surface area contributed by atoms with E-state index in [0.717, 1.165) is 25.9 Å². The van der Waals surface area contributed by atoms with Gasteiger partial charge < -0.3 is 10.2 Å². The maximum atomic E-state index is 12.2. The van der Waals surface area contributed by atoms with E-state index in [1.54, 1.807) is 11.3 Å². The molecule has 1 atom stereocenters. The second kappa shape index (κ2) is 7.54. The first-order valence-electron chi connectivity index (χ1n) is 6.52. The molecule has 1 heterocycles. The summed E-state index contributed by atoms with van der Waals surface area (Å²) in [6.45, 7) is 5.76. The van der Waals surface area contributed by atoms with Crippen molar-refractivity contribution in [3.8, 4) is 0 Å². The Hall–Kier alpha value is -0.870. The van der Waals surface area contributed by atoms with Gasteiger partial charge in [0.1, 0.15) is 0 Å². The van der Waals surface area contributed by atoms with E-state index in [9.17, 15) is 4.79 Å². The number of aryl methyl sites for hydroxylation is 1. The lowest BCUT2D eigenvalue weighted by Gasteiger charge is -2.22. The minimum absolute atomic E-state index is 0.101. The number of carbonyl (C=O) groups excluding carboxylic acids is 1. The Morgan fingerprint density at radius 3 is 2.78 bits per heavy atom. The van der Waals surface area contributed by atoms with Crippen LogP contribution in [-0.2, 0) is 11.2 Å². The molecule has 1 unspecified atom stereocenters. The zero-order chi connectivity index (χ0) is 13.5. The predicted octanol–water partition coefficient (Wildman–Crippen LogP) is 2.30. The average Bonchev–Trinajstić information content (AvgIpc) is 2.77. The normalized spacial score (nSPS) is 12.4. The van der Waals surface area contributed by atoms with Crippen molar-refractivity contribution in [1.82, 2.24) is 10.2 Å². The summed E-state index contributed by atoms with van der Waals surface area (Å²) in [5, 5.41) is 5.20. The number of nitrogens with one attached hydrogen (secondary N) is 1. The fourth-order valence-electron chi connectivity index (χ4n) is 2.00. The van der Waals surface area contributed by atoms with Crippen LogP contribution in [0.5, 0.6) is 0 Å². The van der Waals surface area contributed by atoms with Crippen LogP contribution in [0.3, 0.4) is 0 Å². The lowest BCUT2D eigenvalue weighted by atomic mass is 10.1. The summed E-state index contributed by atoms with van der Waals surface area (Å²) in [6, 6.07) is 2.14. The lowest BCUT2D eigenvalue weighted by molar-refractivity contribution is -0.134. The second-order valence-electron chi connectivity index (χ2n) is 4.70. The molecule has 0 aliphatic carbocycles. The van der Waals surface area contributed by atoms with Gasteiger partial charge in [0.25, 0.3) is 0 Å². The van der Waals surface area contributed by atoms with Crippen molar-refractivity contribution in [3.63, 3.8) is 0 Å². The van der Waals surface area contributed by atoms with Gasteiger partial charge in [0, 0.05) is 25.0 Å². The number of thiophene rings is 1. The van der Waals surface area contributed by atoms with Gasteiger partial charge >= 0.3 is 0 Å². The van der Waals surface area contributed by atoms with E-state index in [-0.39, 0.29) is 11.8 Å². The molecule has 1 amide bonds. The van der Waals surface area contributed by atoms with E-state index in [1.165, 1.54) is 10.4 Å². The molecule has 4 heteroatoms. The van der Waals surface area contributed by atoms with Crippen LogP contribution in [0.25, 0.3) is 0 Å². The van der Waals surface area contributed by atoms with Crippen molar-refractivity contribution in [2.24, 2.45) is 5.92 Å². The number of hydrogen-bond donors (Lipinski definition) is 1. The largest absolute Gasteiger partial charge is 0.345 e. The first kappa shape index (κ1) is 15.2. The standard InChI is InChI=1S/C14H24N2OS/c1-5-12(10-15-3)14(17)16(4)8-6-13-11(2)7-9-18-13/h7,9,12,15H,5-6,8,10H2,1-4H3. The minimum atomic E-state index is 0.101. The average molecular weight is 268 g/mol. The van der Waals surface area contributed by atoms with Gasteiger partial charge in [0.2, 0.25) is 5.91 Å². The fourth-order valence-corrected chi connectivity index (χ4v) is 2.90. The molecule has 0 spiro atoms. The third-order valence-electron chi connectivity index (χ3n) is 3.31. The zero-order valence-corrected chi connectivity index (χ0v) is 12.6. The first-order chi connectivity index (χ1) is 8.60. The van der Waals surface area contributed by atoms with Gasteiger partial charge in [-0.25, -0.2) is 0 Å². The van der Waals surface area contributed by atoms with Crippen LogP contribution >= 0.6 is 11.3 Å². The molecule has 1 rings (SSSR count). The summed E-state index contributed by atoms with van der Waals surface area (Å²) in [7, 11) is 3.80. The molecular weight excluding hydrogens is 244 g/mol. The molecule has 3 nitrogen and oxygen atoms in total. The van der Waals surface area contributed by atoms with Gasteiger partial charge in [-0.2, -0.15) is 0 Å². The van der Waals surface area contributed by atoms with Gasteiger partial charge in [-0.3, -0.25) is 4.79 Å². The van der Waals surface area contributed by atoms with Crippen LogP contribution in [0.4, 0.5) is 0 Å². The topological polar surface area (TPSA) is 32.3 Å². The number of nitrogens with zero attached hydrogens (tertiary/aromatic N) is 1. The van der Waals surface area contributed by atoms with E-state index in [0.29, 0.717) is 0 Å². The summed E-state index contributed by atoms with van der Waals surface area (Å²) in [4.78, 5) is 15.4. The first-order valence-corrected chi connectivity index (χ1v) is 7.40. The zero-order valence-electron chi connectivity index (χ0n) is 11.8. The molecule has 0 saturated heterocycles. The quantitative estimate of drug-likeness (QED) is 0.823. The Morgan fingerprint density at radius 2 is 2.28 bits per heavy atom. The van der Waals surface area contributed by atoms with E-state index in [2.05, 4.69) is 30.6 Å². The molecular formula is C14H24N2OS. The van der Waals surface area contributed by atoms with Gasteiger partial charge in [-0.05, 0) is 43.8 Å². The summed E-state index contributed by atoms with van der Waals surface area (Å²) in [5.74, 6) is 0.352. The van der Waals surface area contributed by atoms with Crippen molar-refractivity contribution < 1.29 is 4.79 Å². The minimum Gasteiger partial charge on any atom is -0.345 e. The Morgan fingerprint density at radius 1 is 1.56 bits per heavy atom. The van der Waals surface area contributed by atoms with Gasteiger partial charge in [0.05, 0.1) is 5.92 Å². The second-order valence-corrected chi connectivity index (χ2v) is 5.70. The Balaban J connectivity index is 2.47. The molecule has 0 bridgehead atoms. The highest BCUT2D eigenvalue weighted by molar-refractivity contribution is 7.10. The molecule has 0 radical (unpaired) electrons.